The van der Waals surface area contributed by atoms with Gasteiger partial charge in [0.2, 0.25) is 0 Å². The molecule has 0 radical (unpaired) electrons. The van der Waals surface area contributed by atoms with Crippen molar-refractivity contribution in [2.45, 2.75) is 55.3 Å². The first-order valence-electron chi connectivity index (χ1n) is 26.8. The van der Waals surface area contributed by atoms with Gasteiger partial charge in [-0.05, 0) is 99.0 Å². The molecule has 0 aromatic heterocycles. The molecule has 0 aliphatic rings. The summed E-state index contributed by atoms with van der Waals surface area (Å²) in [5.41, 5.74) is 7.59. The summed E-state index contributed by atoms with van der Waals surface area (Å²) in [6.45, 7) is 1.63. The number of hydrogen-bond donors (Lipinski definition) is 0. The van der Waals surface area contributed by atoms with Crippen molar-refractivity contribution in [2.75, 3.05) is 39.9 Å². The van der Waals surface area contributed by atoms with Crippen LogP contribution in [-0.2, 0) is 51.4 Å². The first-order valence-corrected chi connectivity index (χ1v) is 28.8. The Morgan fingerprint density at radius 1 is 0.378 bits per heavy atom. The molecule has 422 valence electrons. The number of ether oxygens (including phenoxy) is 8. The zero-order valence-corrected chi connectivity index (χ0v) is 48.2. The van der Waals surface area contributed by atoms with Gasteiger partial charge in [0.1, 0.15) is 24.7 Å². The SMILES string of the molecule is COc1ccc(C(SCCC(=O)Oc2ccc(COC(=O)CC(C)CC(=O)OCc3ccc(OC(=O)CCSC(c4ccccc4)(c4ccccc4)c4ccc(OC)cc4)c(OC)c3)cc2OC)(c2ccccc2)c2ccccc2)cc1. The third-order valence-electron chi connectivity index (χ3n) is 13.7. The van der Waals surface area contributed by atoms with Crippen LogP contribution >= 0.6 is 23.5 Å². The van der Waals surface area contributed by atoms with E-state index in [0.29, 0.717) is 34.1 Å². The molecule has 0 spiro atoms. The Kier molecular flexibility index (Phi) is 21.3. The quantitative estimate of drug-likeness (QED) is 0.0261. The molecule has 0 bridgehead atoms. The van der Waals surface area contributed by atoms with Crippen LogP contribution in [0.1, 0.15) is 77.1 Å². The molecule has 8 aromatic carbocycles. The predicted molar refractivity (Wildman–Crippen MR) is 321 cm³/mol. The summed E-state index contributed by atoms with van der Waals surface area (Å²) in [4.78, 5) is 52.8. The fraction of sp³-hybridized carbons (Fsp3) is 0.235. The second-order valence-electron chi connectivity index (χ2n) is 19.2. The molecule has 0 fully saturated rings. The average Bonchev–Trinajstić information content (AvgIpc) is 2.95. The van der Waals surface area contributed by atoms with E-state index in [9.17, 15) is 19.2 Å². The molecule has 0 saturated heterocycles. The molecule has 0 saturated carbocycles. The van der Waals surface area contributed by atoms with Crippen molar-refractivity contribution >= 4 is 47.4 Å². The van der Waals surface area contributed by atoms with Gasteiger partial charge in [0.05, 0.1) is 50.8 Å². The minimum atomic E-state index is -0.635. The highest BCUT2D eigenvalue weighted by Crippen LogP contribution is 2.50. The van der Waals surface area contributed by atoms with Crippen LogP contribution in [0.15, 0.2) is 206 Å². The maximum atomic E-state index is 13.4. The monoisotopic (exact) mass is 1140 g/mol. The summed E-state index contributed by atoms with van der Waals surface area (Å²) in [6, 6.07) is 66.9. The Balaban J connectivity index is 0.789. The molecule has 0 unspecified atom stereocenters. The molecule has 0 heterocycles. The Morgan fingerprint density at radius 3 is 1.00 bits per heavy atom. The Labute approximate surface area is 488 Å². The topological polar surface area (TPSA) is 142 Å². The number of hydrogen-bond acceptors (Lipinski definition) is 14. The number of methoxy groups -OCH3 is 4. The van der Waals surface area contributed by atoms with Gasteiger partial charge >= 0.3 is 23.9 Å². The zero-order chi connectivity index (χ0) is 57.7. The van der Waals surface area contributed by atoms with Gasteiger partial charge in [0.15, 0.2) is 23.0 Å². The van der Waals surface area contributed by atoms with Crippen LogP contribution in [0.5, 0.6) is 34.5 Å². The molecular weight excluding hydrogens is 1070 g/mol. The lowest BCUT2D eigenvalue weighted by Gasteiger charge is -2.35. The third-order valence-corrected chi connectivity index (χ3v) is 16.8. The first kappa shape index (κ1) is 59.7. The highest BCUT2D eigenvalue weighted by molar-refractivity contribution is 8.00. The minimum Gasteiger partial charge on any atom is -0.497 e. The van der Waals surface area contributed by atoms with Gasteiger partial charge in [0, 0.05) is 24.3 Å². The van der Waals surface area contributed by atoms with Gasteiger partial charge in [-0.25, -0.2) is 0 Å². The van der Waals surface area contributed by atoms with Gasteiger partial charge in [-0.2, -0.15) is 0 Å². The number of carbonyl (C=O) groups is 4. The molecule has 12 nitrogen and oxygen atoms in total. The molecule has 82 heavy (non-hydrogen) atoms. The van der Waals surface area contributed by atoms with Crippen molar-refractivity contribution in [1.29, 1.82) is 0 Å². The van der Waals surface area contributed by atoms with Crippen LogP contribution in [-0.4, -0.2) is 63.8 Å². The number of carbonyl (C=O) groups excluding carboxylic acids is 4. The van der Waals surface area contributed by atoms with Gasteiger partial charge in [0.25, 0.3) is 0 Å². The van der Waals surface area contributed by atoms with Gasteiger partial charge in [-0.1, -0.05) is 165 Å². The van der Waals surface area contributed by atoms with E-state index in [0.717, 1.165) is 44.9 Å². The molecule has 8 aromatic rings. The standard InChI is InChI=1S/C68H66O12S2/c1-48(42-65(71)77-46-49-26-36-59(61(44-49)75-4)79-63(69)38-40-81-67(51-18-10-6-11-19-51,52-20-12-7-13-21-52)55-28-32-57(73-2)33-29-55)43-66(72)78-47-50-27-37-60(62(45-50)76-5)80-64(70)39-41-82-68(53-22-14-8-15-23-53,54-24-16-9-17-25-54)56-30-34-58(74-3)35-31-56/h6-37,44-45,48H,38-43,46-47H2,1-5H3. The van der Waals surface area contributed by atoms with Crippen molar-refractivity contribution < 1.29 is 57.1 Å². The first-order chi connectivity index (χ1) is 40.0. The lowest BCUT2D eigenvalue weighted by atomic mass is 9.84. The smallest absolute Gasteiger partial charge is 0.312 e. The normalized spacial score (nSPS) is 11.3. The lowest BCUT2D eigenvalue weighted by molar-refractivity contribution is -0.148. The summed E-state index contributed by atoms with van der Waals surface area (Å²) in [5.74, 6) is 1.22. The maximum Gasteiger partial charge on any atom is 0.312 e. The van der Waals surface area contributed by atoms with E-state index in [-0.39, 0.29) is 56.3 Å². The summed E-state index contributed by atoms with van der Waals surface area (Å²) in [7, 11) is 6.23. The largest absolute Gasteiger partial charge is 0.497 e. The van der Waals surface area contributed by atoms with Crippen molar-refractivity contribution in [3.05, 3.63) is 251 Å². The summed E-state index contributed by atoms with van der Waals surface area (Å²) >= 11 is 3.30. The van der Waals surface area contributed by atoms with Crippen LogP contribution in [0.2, 0.25) is 0 Å². The van der Waals surface area contributed by atoms with Crippen LogP contribution in [0.4, 0.5) is 0 Å². The highest BCUT2D eigenvalue weighted by atomic mass is 32.2. The van der Waals surface area contributed by atoms with Crippen LogP contribution in [0, 0.1) is 5.92 Å². The Hall–Kier alpha value is -8.46. The van der Waals surface area contributed by atoms with Crippen LogP contribution in [0.3, 0.4) is 0 Å². The molecular formula is C68H66O12S2. The second kappa shape index (κ2) is 29.3. The maximum absolute atomic E-state index is 13.4. The summed E-state index contributed by atoms with van der Waals surface area (Å²) < 4.78 is 43.7. The molecule has 0 amide bonds. The van der Waals surface area contributed by atoms with E-state index in [1.54, 1.807) is 81.1 Å². The number of thioether (sulfide) groups is 2. The van der Waals surface area contributed by atoms with Crippen LogP contribution < -0.4 is 28.4 Å². The lowest BCUT2D eigenvalue weighted by Crippen LogP contribution is -2.26. The van der Waals surface area contributed by atoms with Gasteiger partial charge < -0.3 is 37.9 Å². The fourth-order valence-corrected chi connectivity index (χ4v) is 12.6. The van der Waals surface area contributed by atoms with Gasteiger partial charge in [-0.15, -0.1) is 23.5 Å². The molecule has 0 atom stereocenters. The van der Waals surface area contributed by atoms with Gasteiger partial charge in [-0.3, -0.25) is 19.2 Å². The Bertz CT molecular complexity index is 3040. The highest BCUT2D eigenvalue weighted by Gasteiger charge is 2.39. The zero-order valence-electron chi connectivity index (χ0n) is 46.6. The van der Waals surface area contributed by atoms with E-state index in [4.69, 9.17) is 37.9 Å². The van der Waals surface area contributed by atoms with E-state index in [1.165, 1.54) is 14.2 Å². The molecule has 14 heteroatoms. The van der Waals surface area contributed by atoms with E-state index < -0.39 is 33.4 Å². The van der Waals surface area contributed by atoms with Crippen LogP contribution in [0.25, 0.3) is 0 Å². The number of rotatable bonds is 28. The molecule has 0 aliphatic carbocycles. The average molecular weight is 1140 g/mol. The third kappa shape index (κ3) is 15.1. The van der Waals surface area contributed by atoms with Crippen molar-refractivity contribution in [3.63, 3.8) is 0 Å². The fourth-order valence-electron chi connectivity index (χ4n) is 9.62. The Morgan fingerprint density at radius 2 is 0.695 bits per heavy atom. The van der Waals surface area contributed by atoms with E-state index in [1.807, 2.05) is 97.1 Å². The van der Waals surface area contributed by atoms with Crippen molar-refractivity contribution in [3.8, 4) is 34.5 Å². The minimum absolute atomic E-state index is 0.0262. The summed E-state index contributed by atoms with van der Waals surface area (Å²) in [6.07, 6.45) is 0.167. The molecule has 8 rings (SSSR count). The second-order valence-corrected chi connectivity index (χ2v) is 21.9. The van der Waals surface area contributed by atoms with E-state index >= 15 is 0 Å². The molecule has 0 aliphatic heterocycles. The number of esters is 4. The van der Waals surface area contributed by atoms with Crippen molar-refractivity contribution in [2.24, 2.45) is 5.92 Å². The summed E-state index contributed by atoms with van der Waals surface area (Å²) in [5, 5.41) is 0. The number of benzene rings is 8. The van der Waals surface area contributed by atoms with Crippen molar-refractivity contribution in [1.82, 2.24) is 0 Å². The van der Waals surface area contributed by atoms with E-state index in [2.05, 4.69) is 72.8 Å². The predicted octanol–water partition coefficient (Wildman–Crippen LogP) is 14.0. The molecule has 0 N–H and O–H groups in total.